The molecular formula is C13H13NO3S. The first-order valence-corrected chi connectivity index (χ1v) is 5.91. The molecule has 0 saturated heterocycles. The first kappa shape index (κ1) is 12.6. The van der Waals surface area contributed by atoms with Crippen molar-refractivity contribution in [3.05, 3.63) is 52.4 Å². The standard InChI is InChI=1S/C13H13NO3S/c15-11-2-1-9(7-12(11)16)3-5-14-6-4-10(18)8-13(14)17/h1-2,4,6-8,15-16,18H,3,5H2. The normalized spacial score (nSPS) is 10.5. The van der Waals surface area contributed by atoms with Crippen LogP contribution in [0.2, 0.25) is 0 Å². The summed E-state index contributed by atoms with van der Waals surface area (Å²) in [6.07, 6.45) is 2.28. The second kappa shape index (κ2) is 5.18. The minimum absolute atomic E-state index is 0.106. The van der Waals surface area contributed by atoms with Gasteiger partial charge in [0.25, 0.3) is 5.56 Å². The number of thiol groups is 1. The molecule has 0 unspecified atom stereocenters. The van der Waals surface area contributed by atoms with Crippen LogP contribution in [0.25, 0.3) is 0 Å². The van der Waals surface area contributed by atoms with E-state index in [4.69, 9.17) is 0 Å². The number of phenolic OH excluding ortho intramolecular Hbond substituents is 2. The average Bonchev–Trinajstić information content (AvgIpc) is 2.32. The van der Waals surface area contributed by atoms with Crippen molar-refractivity contribution in [2.24, 2.45) is 0 Å². The van der Waals surface area contributed by atoms with E-state index in [0.717, 1.165) is 5.56 Å². The largest absolute Gasteiger partial charge is 0.504 e. The molecule has 1 aromatic carbocycles. The predicted octanol–water partition coefficient (Wildman–Crippen LogP) is 1.79. The fraction of sp³-hybridized carbons (Fsp3) is 0.154. The summed E-state index contributed by atoms with van der Waals surface area (Å²) in [6, 6.07) is 7.85. The maximum absolute atomic E-state index is 11.6. The van der Waals surface area contributed by atoms with Gasteiger partial charge in [-0.1, -0.05) is 6.07 Å². The minimum atomic E-state index is -0.148. The molecule has 0 aliphatic rings. The zero-order chi connectivity index (χ0) is 13.1. The van der Waals surface area contributed by atoms with Crippen LogP contribution in [0.3, 0.4) is 0 Å². The number of hydrogen-bond acceptors (Lipinski definition) is 4. The number of pyridine rings is 1. The van der Waals surface area contributed by atoms with Gasteiger partial charge in [-0.05, 0) is 30.2 Å². The van der Waals surface area contributed by atoms with E-state index in [9.17, 15) is 15.0 Å². The Labute approximate surface area is 110 Å². The summed E-state index contributed by atoms with van der Waals surface area (Å²) >= 11 is 4.09. The summed E-state index contributed by atoms with van der Waals surface area (Å²) in [5.74, 6) is -0.291. The van der Waals surface area contributed by atoms with E-state index in [0.29, 0.717) is 17.9 Å². The Kier molecular flexibility index (Phi) is 3.62. The fourth-order valence-corrected chi connectivity index (χ4v) is 1.83. The molecule has 0 amide bonds. The number of aryl methyl sites for hydroxylation is 2. The van der Waals surface area contributed by atoms with E-state index in [-0.39, 0.29) is 17.1 Å². The Bertz CT molecular complexity index is 622. The number of hydrogen-bond donors (Lipinski definition) is 3. The Morgan fingerprint density at radius 3 is 2.56 bits per heavy atom. The summed E-state index contributed by atoms with van der Waals surface area (Å²) < 4.78 is 1.57. The van der Waals surface area contributed by atoms with Gasteiger partial charge in [0.2, 0.25) is 0 Å². The SMILES string of the molecule is O=c1cc(S)ccn1CCc1ccc(O)c(O)c1. The van der Waals surface area contributed by atoms with Crippen LogP contribution in [0, 0.1) is 0 Å². The maximum atomic E-state index is 11.6. The summed E-state index contributed by atoms with van der Waals surface area (Å²) in [5, 5.41) is 18.5. The molecule has 0 aliphatic carbocycles. The van der Waals surface area contributed by atoms with Gasteiger partial charge in [0, 0.05) is 23.7 Å². The summed E-state index contributed by atoms with van der Waals surface area (Å²) in [5.41, 5.74) is 0.748. The highest BCUT2D eigenvalue weighted by molar-refractivity contribution is 7.80. The Hall–Kier alpha value is -1.88. The van der Waals surface area contributed by atoms with Gasteiger partial charge in [0.15, 0.2) is 11.5 Å². The zero-order valence-electron chi connectivity index (χ0n) is 9.58. The monoisotopic (exact) mass is 263 g/mol. The molecule has 0 spiro atoms. The van der Waals surface area contributed by atoms with Gasteiger partial charge in [-0.3, -0.25) is 4.79 Å². The van der Waals surface area contributed by atoms with E-state index >= 15 is 0 Å². The predicted molar refractivity (Wildman–Crippen MR) is 71.4 cm³/mol. The molecule has 0 aliphatic heterocycles. The number of aromatic hydroxyl groups is 2. The first-order valence-electron chi connectivity index (χ1n) is 5.46. The molecule has 1 heterocycles. The van der Waals surface area contributed by atoms with Gasteiger partial charge >= 0.3 is 0 Å². The van der Waals surface area contributed by atoms with Crippen LogP contribution in [-0.4, -0.2) is 14.8 Å². The zero-order valence-corrected chi connectivity index (χ0v) is 10.5. The molecule has 0 fully saturated rings. The highest BCUT2D eigenvalue weighted by atomic mass is 32.1. The molecule has 0 radical (unpaired) electrons. The quantitative estimate of drug-likeness (QED) is 0.584. The van der Waals surface area contributed by atoms with Crippen molar-refractivity contribution in [1.29, 1.82) is 0 Å². The van der Waals surface area contributed by atoms with Gasteiger partial charge in [0.05, 0.1) is 0 Å². The molecule has 18 heavy (non-hydrogen) atoms. The molecular weight excluding hydrogens is 250 g/mol. The van der Waals surface area contributed by atoms with Crippen molar-refractivity contribution >= 4 is 12.6 Å². The van der Waals surface area contributed by atoms with Crippen molar-refractivity contribution < 1.29 is 10.2 Å². The first-order chi connectivity index (χ1) is 8.56. The van der Waals surface area contributed by atoms with Crippen LogP contribution in [0.1, 0.15) is 5.56 Å². The summed E-state index contributed by atoms with van der Waals surface area (Å²) in [7, 11) is 0. The van der Waals surface area contributed by atoms with Crippen LogP contribution >= 0.6 is 12.6 Å². The smallest absolute Gasteiger partial charge is 0.251 e. The molecule has 4 nitrogen and oxygen atoms in total. The molecule has 1 aromatic heterocycles. The van der Waals surface area contributed by atoms with Crippen molar-refractivity contribution in [3.8, 4) is 11.5 Å². The number of phenols is 2. The molecule has 0 saturated carbocycles. The highest BCUT2D eigenvalue weighted by Crippen LogP contribution is 2.25. The van der Waals surface area contributed by atoms with Gasteiger partial charge in [0.1, 0.15) is 0 Å². The maximum Gasteiger partial charge on any atom is 0.251 e. The molecule has 2 N–H and O–H groups in total. The number of nitrogens with zero attached hydrogens (tertiary/aromatic N) is 1. The third-order valence-corrected chi connectivity index (χ3v) is 2.94. The molecule has 0 bridgehead atoms. The van der Waals surface area contributed by atoms with Crippen LogP contribution in [0.15, 0.2) is 46.2 Å². The van der Waals surface area contributed by atoms with Crippen molar-refractivity contribution in [2.45, 2.75) is 17.9 Å². The summed E-state index contributed by atoms with van der Waals surface area (Å²) in [4.78, 5) is 12.2. The molecule has 2 aromatic rings. The second-order valence-corrected chi connectivity index (χ2v) is 4.51. The minimum Gasteiger partial charge on any atom is -0.504 e. The third-order valence-electron chi connectivity index (χ3n) is 2.66. The van der Waals surface area contributed by atoms with Gasteiger partial charge in [-0.25, -0.2) is 0 Å². The Balaban J connectivity index is 2.11. The van der Waals surface area contributed by atoms with E-state index in [2.05, 4.69) is 12.6 Å². The average molecular weight is 263 g/mol. The van der Waals surface area contributed by atoms with Crippen LogP contribution in [0.4, 0.5) is 0 Å². The Morgan fingerprint density at radius 1 is 1.11 bits per heavy atom. The third kappa shape index (κ3) is 2.87. The lowest BCUT2D eigenvalue weighted by Crippen LogP contribution is -2.19. The van der Waals surface area contributed by atoms with Gasteiger partial charge in [-0.2, -0.15) is 0 Å². The molecule has 94 valence electrons. The fourth-order valence-electron chi connectivity index (χ4n) is 1.66. The van der Waals surface area contributed by atoms with Gasteiger partial charge < -0.3 is 14.8 Å². The highest BCUT2D eigenvalue weighted by Gasteiger charge is 2.02. The number of rotatable bonds is 3. The topological polar surface area (TPSA) is 62.5 Å². The van der Waals surface area contributed by atoms with Crippen LogP contribution in [0.5, 0.6) is 11.5 Å². The van der Waals surface area contributed by atoms with Crippen LogP contribution < -0.4 is 5.56 Å². The second-order valence-electron chi connectivity index (χ2n) is 3.99. The lowest BCUT2D eigenvalue weighted by molar-refractivity contribution is 0.403. The molecule has 5 heteroatoms. The van der Waals surface area contributed by atoms with Gasteiger partial charge in [-0.15, -0.1) is 12.6 Å². The molecule has 2 rings (SSSR count). The molecule has 0 atom stereocenters. The van der Waals surface area contributed by atoms with E-state index in [1.54, 1.807) is 22.9 Å². The van der Waals surface area contributed by atoms with E-state index in [1.165, 1.54) is 18.2 Å². The lowest BCUT2D eigenvalue weighted by atomic mass is 10.1. The number of benzene rings is 1. The lowest BCUT2D eigenvalue weighted by Gasteiger charge is -2.06. The Morgan fingerprint density at radius 2 is 1.89 bits per heavy atom. The van der Waals surface area contributed by atoms with E-state index in [1.807, 2.05) is 0 Å². The number of aromatic nitrogens is 1. The van der Waals surface area contributed by atoms with Crippen molar-refractivity contribution in [2.75, 3.05) is 0 Å². The van der Waals surface area contributed by atoms with E-state index < -0.39 is 0 Å². The van der Waals surface area contributed by atoms with Crippen LogP contribution in [-0.2, 0) is 13.0 Å². The van der Waals surface area contributed by atoms with Crippen molar-refractivity contribution in [3.63, 3.8) is 0 Å². The summed E-state index contributed by atoms with van der Waals surface area (Å²) in [6.45, 7) is 0.511. The van der Waals surface area contributed by atoms with Crippen molar-refractivity contribution in [1.82, 2.24) is 4.57 Å².